The quantitative estimate of drug-likeness (QED) is 0.645. The number of piperidine rings is 1. The van der Waals surface area contributed by atoms with Gasteiger partial charge in [0.1, 0.15) is 11.7 Å². The van der Waals surface area contributed by atoms with Crippen LogP contribution >= 0.6 is 0 Å². The normalized spacial score (nSPS) is 30.1. The molecule has 2 aliphatic heterocycles. The van der Waals surface area contributed by atoms with Gasteiger partial charge in [0.2, 0.25) is 0 Å². The van der Waals surface area contributed by atoms with E-state index in [1.165, 1.54) is 6.42 Å². The van der Waals surface area contributed by atoms with E-state index in [0.29, 0.717) is 0 Å². The Morgan fingerprint density at radius 1 is 1.38 bits per heavy atom. The first-order chi connectivity index (χ1) is 7.47. The van der Waals surface area contributed by atoms with Crippen LogP contribution in [0.2, 0.25) is 0 Å². The van der Waals surface area contributed by atoms with Gasteiger partial charge in [-0.15, -0.1) is 0 Å². The fourth-order valence-electron chi connectivity index (χ4n) is 2.17. The van der Waals surface area contributed by atoms with Crippen molar-refractivity contribution >= 4 is 6.09 Å². The summed E-state index contributed by atoms with van der Waals surface area (Å²) < 4.78 is 10.7. The molecule has 0 aromatic rings. The van der Waals surface area contributed by atoms with Crippen molar-refractivity contribution in [2.45, 2.75) is 57.8 Å². The number of carbonyl (C=O) groups excluding carboxylic acids is 1. The molecule has 0 radical (unpaired) electrons. The van der Waals surface area contributed by atoms with Crippen molar-refractivity contribution in [2.24, 2.45) is 0 Å². The zero-order chi connectivity index (χ0) is 11.8. The smallest absolute Gasteiger partial charge is 0.410 e. The molecule has 4 heteroatoms. The third-order valence-corrected chi connectivity index (χ3v) is 2.97. The molecular weight excluding hydrogens is 206 g/mol. The number of likely N-dealkylation sites (tertiary alicyclic amines) is 1. The second-order valence-electron chi connectivity index (χ2n) is 5.61. The summed E-state index contributed by atoms with van der Waals surface area (Å²) in [5.41, 5.74) is -0.413. The first kappa shape index (κ1) is 11.7. The summed E-state index contributed by atoms with van der Waals surface area (Å²) >= 11 is 0. The second-order valence-corrected chi connectivity index (χ2v) is 5.61. The Morgan fingerprint density at radius 2 is 2.06 bits per heavy atom. The summed E-state index contributed by atoms with van der Waals surface area (Å²) in [5, 5.41) is 0. The molecule has 0 unspecified atom stereocenters. The average Bonchev–Trinajstić information content (AvgIpc) is 2.98. The molecular formula is C12H21NO3. The minimum Gasteiger partial charge on any atom is -0.444 e. The molecule has 4 nitrogen and oxygen atoms in total. The van der Waals surface area contributed by atoms with Crippen LogP contribution in [0.4, 0.5) is 4.79 Å². The summed E-state index contributed by atoms with van der Waals surface area (Å²) in [7, 11) is 0. The van der Waals surface area contributed by atoms with Crippen LogP contribution in [0.3, 0.4) is 0 Å². The summed E-state index contributed by atoms with van der Waals surface area (Å²) in [5.74, 6) is 0. The van der Waals surface area contributed by atoms with E-state index in [0.717, 1.165) is 26.0 Å². The maximum Gasteiger partial charge on any atom is 0.410 e. The maximum absolute atomic E-state index is 12.0. The lowest BCUT2D eigenvalue weighted by atomic mass is 10.0. The fourth-order valence-corrected chi connectivity index (χ4v) is 2.17. The van der Waals surface area contributed by atoms with Crippen molar-refractivity contribution in [1.29, 1.82) is 0 Å². The summed E-state index contributed by atoms with van der Waals surface area (Å²) in [4.78, 5) is 13.9. The zero-order valence-corrected chi connectivity index (χ0v) is 10.4. The van der Waals surface area contributed by atoms with Crippen LogP contribution < -0.4 is 0 Å². The predicted octanol–water partition coefficient (Wildman–Crippen LogP) is 2.17. The molecule has 1 amide bonds. The highest BCUT2D eigenvalue weighted by Gasteiger charge is 2.41. The van der Waals surface area contributed by atoms with Gasteiger partial charge in [-0.1, -0.05) is 0 Å². The molecule has 0 aliphatic carbocycles. The van der Waals surface area contributed by atoms with Gasteiger partial charge in [0, 0.05) is 6.54 Å². The van der Waals surface area contributed by atoms with Gasteiger partial charge in [0.25, 0.3) is 0 Å². The first-order valence-corrected chi connectivity index (χ1v) is 6.08. The van der Waals surface area contributed by atoms with Crippen molar-refractivity contribution in [3.05, 3.63) is 0 Å². The Labute approximate surface area is 96.9 Å². The zero-order valence-electron chi connectivity index (χ0n) is 10.4. The van der Waals surface area contributed by atoms with Crippen molar-refractivity contribution in [3.8, 4) is 0 Å². The number of hydrogen-bond acceptors (Lipinski definition) is 3. The van der Waals surface area contributed by atoms with E-state index in [-0.39, 0.29) is 18.2 Å². The lowest BCUT2D eigenvalue weighted by Gasteiger charge is -2.36. The number of nitrogens with zero attached hydrogens (tertiary/aromatic N) is 1. The van der Waals surface area contributed by atoms with Crippen LogP contribution in [0.1, 0.15) is 40.0 Å². The van der Waals surface area contributed by atoms with Crippen molar-refractivity contribution in [3.63, 3.8) is 0 Å². The molecule has 2 atom stereocenters. The molecule has 2 aliphatic rings. The molecule has 0 spiro atoms. The highest BCUT2D eigenvalue weighted by atomic mass is 16.6. The second kappa shape index (κ2) is 4.24. The maximum atomic E-state index is 12.0. The monoisotopic (exact) mass is 227 g/mol. The van der Waals surface area contributed by atoms with Crippen molar-refractivity contribution in [2.75, 3.05) is 13.2 Å². The number of hydrogen-bond donors (Lipinski definition) is 0. The Bertz CT molecular complexity index is 268. The minimum absolute atomic E-state index is 0.187. The molecule has 0 bridgehead atoms. The van der Waals surface area contributed by atoms with Crippen LogP contribution in [0.15, 0.2) is 0 Å². The minimum atomic E-state index is -0.413. The molecule has 2 rings (SSSR count). The van der Waals surface area contributed by atoms with Gasteiger partial charge < -0.3 is 14.4 Å². The van der Waals surface area contributed by atoms with E-state index in [9.17, 15) is 4.79 Å². The first-order valence-electron chi connectivity index (χ1n) is 6.08. The standard InChI is InChI=1S/C12H21NO3/c1-12(2,3)16-11(14)13-7-5-4-6-9(13)10-8-15-10/h9-10H,4-8H2,1-3H3/t9-,10+/m1/s1. The highest BCUT2D eigenvalue weighted by molar-refractivity contribution is 5.68. The molecule has 2 saturated heterocycles. The van der Waals surface area contributed by atoms with Crippen LogP contribution in [0.5, 0.6) is 0 Å². The Kier molecular flexibility index (Phi) is 3.10. The number of carbonyl (C=O) groups is 1. The third-order valence-electron chi connectivity index (χ3n) is 2.97. The van der Waals surface area contributed by atoms with Gasteiger partial charge in [-0.3, -0.25) is 0 Å². The number of ether oxygens (including phenoxy) is 2. The van der Waals surface area contributed by atoms with E-state index < -0.39 is 5.60 Å². The van der Waals surface area contributed by atoms with Gasteiger partial charge in [-0.2, -0.15) is 0 Å². The Balaban J connectivity index is 1.96. The lowest BCUT2D eigenvalue weighted by molar-refractivity contribution is 0.00626. The average molecular weight is 227 g/mol. The summed E-state index contributed by atoms with van der Waals surface area (Å²) in [6.45, 7) is 7.30. The number of rotatable bonds is 1. The van der Waals surface area contributed by atoms with Crippen LogP contribution in [0.25, 0.3) is 0 Å². The molecule has 0 aromatic heterocycles. The molecule has 0 aromatic carbocycles. The molecule has 92 valence electrons. The molecule has 16 heavy (non-hydrogen) atoms. The van der Waals surface area contributed by atoms with E-state index in [1.807, 2.05) is 25.7 Å². The largest absolute Gasteiger partial charge is 0.444 e. The summed E-state index contributed by atoms with van der Waals surface area (Å²) in [6, 6.07) is 0.239. The lowest BCUT2D eigenvalue weighted by Crippen LogP contribution is -2.48. The van der Waals surface area contributed by atoms with Crippen LogP contribution in [-0.4, -0.2) is 41.9 Å². The van der Waals surface area contributed by atoms with E-state index >= 15 is 0 Å². The van der Waals surface area contributed by atoms with E-state index in [1.54, 1.807) is 0 Å². The van der Waals surface area contributed by atoms with Crippen LogP contribution in [-0.2, 0) is 9.47 Å². The number of epoxide rings is 1. The van der Waals surface area contributed by atoms with E-state index in [2.05, 4.69) is 0 Å². The highest BCUT2D eigenvalue weighted by Crippen LogP contribution is 2.28. The Morgan fingerprint density at radius 3 is 2.62 bits per heavy atom. The van der Waals surface area contributed by atoms with Crippen LogP contribution in [0, 0.1) is 0 Å². The molecule has 0 saturated carbocycles. The van der Waals surface area contributed by atoms with Gasteiger partial charge >= 0.3 is 6.09 Å². The predicted molar refractivity (Wildman–Crippen MR) is 60.3 cm³/mol. The number of amides is 1. The van der Waals surface area contributed by atoms with Gasteiger partial charge in [0.15, 0.2) is 0 Å². The van der Waals surface area contributed by atoms with E-state index in [4.69, 9.17) is 9.47 Å². The van der Waals surface area contributed by atoms with Gasteiger partial charge in [-0.05, 0) is 40.0 Å². The van der Waals surface area contributed by atoms with Crippen molar-refractivity contribution < 1.29 is 14.3 Å². The van der Waals surface area contributed by atoms with Gasteiger partial charge in [0.05, 0.1) is 12.6 Å². The van der Waals surface area contributed by atoms with Crippen molar-refractivity contribution in [1.82, 2.24) is 4.90 Å². The topological polar surface area (TPSA) is 42.1 Å². The Hall–Kier alpha value is -0.770. The molecule has 0 N–H and O–H groups in total. The fraction of sp³-hybridized carbons (Fsp3) is 0.917. The molecule has 2 fully saturated rings. The third kappa shape index (κ3) is 2.88. The summed E-state index contributed by atoms with van der Waals surface area (Å²) in [6.07, 6.45) is 3.37. The van der Waals surface area contributed by atoms with Gasteiger partial charge in [-0.25, -0.2) is 4.79 Å². The molecule has 2 heterocycles. The SMILES string of the molecule is CC(C)(C)OC(=O)N1CCCC[C@@H]1[C@@H]1CO1.